The van der Waals surface area contributed by atoms with Crippen molar-refractivity contribution < 1.29 is 9.47 Å². The molecule has 4 nitrogen and oxygen atoms in total. The molecule has 0 N–H and O–H groups in total. The molecule has 4 heteroatoms. The maximum Gasteiger partial charge on any atom is 0.212 e. The van der Waals surface area contributed by atoms with Gasteiger partial charge in [0.05, 0.1) is 12.5 Å². The van der Waals surface area contributed by atoms with Crippen molar-refractivity contribution in [2.75, 3.05) is 31.0 Å². The van der Waals surface area contributed by atoms with Gasteiger partial charge in [0.25, 0.3) is 0 Å². The number of methoxy groups -OCH3 is 1. The Morgan fingerprint density at radius 1 is 0.806 bits per heavy atom. The number of anilines is 2. The topological polar surface area (TPSA) is 24.9 Å². The summed E-state index contributed by atoms with van der Waals surface area (Å²) in [5, 5.41) is 0. The van der Waals surface area contributed by atoms with Gasteiger partial charge < -0.3 is 19.3 Å². The Morgan fingerprint density at radius 3 is 2.14 bits per heavy atom. The van der Waals surface area contributed by atoms with Crippen LogP contribution >= 0.6 is 0 Å². The summed E-state index contributed by atoms with van der Waals surface area (Å²) in [5.41, 5.74) is 7.38. The highest BCUT2D eigenvalue weighted by Crippen LogP contribution is 2.57. The first-order valence-electron chi connectivity index (χ1n) is 12.6. The number of nitrogens with zero attached hydrogens (tertiary/aromatic N) is 2. The van der Waals surface area contributed by atoms with Crippen LogP contribution in [-0.2, 0) is 10.8 Å². The third-order valence-electron chi connectivity index (χ3n) is 8.68. The fourth-order valence-corrected chi connectivity index (χ4v) is 6.57. The summed E-state index contributed by atoms with van der Waals surface area (Å²) in [6.07, 6.45) is 4.68. The minimum absolute atomic E-state index is 0.128. The van der Waals surface area contributed by atoms with Crippen molar-refractivity contribution in [3.8, 4) is 11.5 Å². The van der Waals surface area contributed by atoms with Crippen LogP contribution in [0.25, 0.3) is 5.57 Å². The number of benzene rings is 3. The van der Waals surface area contributed by atoms with E-state index in [0.29, 0.717) is 0 Å². The molecule has 0 unspecified atom stereocenters. The normalized spacial score (nSPS) is 23.8. The molecule has 0 fully saturated rings. The van der Waals surface area contributed by atoms with Gasteiger partial charge in [-0.2, -0.15) is 0 Å². The molecule has 3 aliphatic rings. The number of rotatable bonds is 2. The number of fused-ring (bicyclic) bond motifs is 3. The fourth-order valence-electron chi connectivity index (χ4n) is 6.57. The average Bonchev–Trinajstić information content (AvgIpc) is 3.17. The SMILES string of the molecule is COc1cccc2c1O[C@@]1(C=C2/C=C2\N(C)c3ccccc3C2(C)C)N(C)c2ccccc2C1(C)C. The van der Waals surface area contributed by atoms with Gasteiger partial charge in [-0.15, -0.1) is 0 Å². The Balaban J connectivity index is 1.61. The van der Waals surface area contributed by atoms with Crippen molar-refractivity contribution in [2.45, 2.75) is 44.2 Å². The van der Waals surface area contributed by atoms with E-state index in [1.807, 2.05) is 12.1 Å². The molecule has 1 atom stereocenters. The van der Waals surface area contributed by atoms with Gasteiger partial charge in [-0.25, -0.2) is 0 Å². The Kier molecular flexibility index (Phi) is 4.70. The molecule has 6 rings (SSSR count). The lowest BCUT2D eigenvalue weighted by Crippen LogP contribution is -2.58. The number of hydrogen-bond donors (Lipinski definition) is 0. The lowest BCUT2D eigenvalue weighted by atomic mass is 9.75. The summed E-state index contributed by atoms with van der Waals surface area (Å²) in [7, 11) is 6.02. The van der Waals surface area contributed by atoms with Crippen molar-refractivity contribution in [1.29, 1.82) is 0 Å². The summed E-state index contributed by atoms with van der Waals surface area (Å²) in [5.74, 6) is 1.54. The largest absolute Gasteiger partial charge is 0.493 e. The van der Waals surface area contributed by atoms with Gasteiger partial charge in [-0.05, 0) is 60.9 Å². The highest BCUT2D eigenvalue weighted by Gasteiger charge is 2.58. The average molecular weight is 479 g/mol. The van der Waals surface area contributed by atoms with Crippen LogP contribution in [0.3, 0.4) is 0 Å². The summed E-state index contributed by atoms with van der Waals surface area (Å²) < 4.78 is 12.9. The lowest BCUT2D eigenvalue weighted by molar-refractivity contribution is 0.0546. The molecule has 0 saturated heterocycles. The third kappa shape index (κ3) is 2.76. The second kappa shape index (κ2) is 7.42. The lowest BCUT2D eigenvalue weighted by Gasteiger charge is -2.47. The monoisotopic (exact) mass is 478 g/mol. The maximum atomic E-state index is 7.03. The first kappa shape index (κ1) is 22.8. The van der Waals surface area contributed by atoms with Crippen molar-refractivity contribution >= 4 is 16.9 Å². The van der Waals surface area contributed by atoms with E-state index in [-0.39, 0.29) is 10.8 Å². The van der Waals surface area contributed by atoms with E-state index in [9.17, 15) is 0 Å². The van der Waals surface area contributed by atoms with E-state index < -0.39 is 5.72 Å². The van der Waals surface area contributed by atoms with Gasteiger partial charge in [0.1, 0.15) is 0 Å². The van der Waals surface area contributed by atoms with E-state index in [2.05, 4.69) is 118 Å². The quantitative estimate of drug-likeness (QED) is 0.400. The van der Waals surface area contributed by atoms with Crippen LogP contribution < -0.4 is 19.3 Å². The van der Waals surface area contributed by atoms with Crippen LogP contribution in [0.4, 0.5) is 11.4 Å². The molecule has 0 aromatic heterocycles. The molecule has 0 saturated carbocycles. The zero-order valence-corrected chi connectivity index (χ0v) is 22.2. The minimum atomic E-state index is -0.709. The summed E-state index contributed by atoms with van der Waals surface area (Å²) >= 11 is 0. The Bertz CT molecular complexity index is 1450. The third-order valence-corrected chi connectivity index (χ3v) is 8.68. The molecule has 3 aromatic carbocycles. The Morgan fingerprint density at radius 2 is 1.47 bits per heavy atom. The summed E-state index contributed by atoms with van der Waals surface area (Å²) in [6.45, 7) is 9.17. The fraction of sp³-hybridized carbons (Fsp3) is 0.312. The molecule has 0 aliphatic carbocycles. The second-order valence-corrected chi connectivity index (χ2v) is 11.2. The molecule has 3 heterocycles. The molecule has 184 valence electrons. The summed E-state index contributed by atoms with van der Waals surface area (Å²) in [6, 6.07) is 23.5. The molecular formula is C32H34N2O2. The van der Waals surface area contributed by atoms with Crippen LogP contribution in [0.5, 0.6) is 11.5 Å². The smallest absolute Gasteiger partial charge is 0.212 e. The minimum Gasteiger partial charge on any atom is -0.493 e. The van der Waals surface area contributed by atoms with Crippen LogP contribution in [0.15, 0.2) is 84.6 Å². The first-order chi connectivity index (χ1) is 17.1. The van der Waals surface area contributed by atoms with Crippen molar-refractivity contribution in [3.63, 3.8) is 0 Å². The standard InChI is InChI=1S/C32H34N2O2/c1-30(2)23-14-8-10-16-25(23)33(5)28(30)19-21-20-32(36-29-22(21)13-12-18-27(29)35-7)31(3,4)24-15-9-11-17-26(24)34(32)6/h8-20H,1-7H3/b28-19-/t32-/m1/s1. The molecule has 36 heavy (non-hydrogen) atoms. The molecule has 0 radical (unpaired) electrons. The van der Waals surface area contributed by atoms with Crippen molar-refractivity contribution in [3.05, 3.63) is 101 Å². The van der Waals surface area contributed by atoms with Gasteiger partial charge in [-0.1, -0.05) is 62.4 Å². The molecular weight excluding hydrogens is 444 g/mol. The predicted octanol–water partition coefficient (Wildman–Crippen LogP) is 6.91. The van der Waals surface area contributed by atoms with E-state index in [1.54, 1.807) is 7.11 Å². The Hall–Kier alpha value is -3.66. The van der Waals surface area contributed by atoms with Gasteiger partial charge in [0.15, 0.2) is 11.5 Å². The molecule has 3 aromatic rings. The van der Waals surface area contributed by atoms with E-state index in [4.69, 9.17) is 9.47 Å². The second-order valence-electron chi connectivity index (χ2n) is 11.2. The van der Waals surface area contributed by atoms with Gasteiger partial charge in [-0.3, -0.25) is 0 Å². The van der Waals surface area contributed by atoms with Crippen molar-refractivity contribution in [2.24, 2.45) is 0 Å². The van der Waals surface area contributed by atoms with Gasteiger partial charge in [0, 0.05) is 42.1 Å². The number of ether oxygens (including phenoxy) is 2. The molecule has 0 amide bonds. The number of allylic oxidation sites excluding steroid dienone is 3. The highest BCUT2D eigenvalue weighted by atomic mass is 16.5. The van der Waals surface area contributed by atoms with Crippen LogP contribution in [0.2, 0.25) is 0 Å². The van der Waals surface area contributed by atoms with E-state index in [1.165, 1.54) is 28.2 Å². The van der Waals surface area contributed by atoms with E-state index in [0.717, 1.165) is 22.6 Å². The number of hydrogen-bond acceptors (Lipinski definition) is 4. The van der Waals surface area contributed by atoms with Gasteiger partial charge >= 0.3 is 0 Å². The highest BCUT2D eigenvalue weighted by molar-refractivity contribution is 5.87. The first-order valence-corrected chi connectivity index (χ1v) is 12.6. The molecule has 1 spiro atoms. The predicted molar refractivity (Wildman–Crippen MR) is 148 cm³/mol. The summed E-state index contributed by atoms with van der Waals surface area (Å²) in [4.78, 5) is 4.62. The van der Waals surface area contributed by atoms with Crippen LogP contribution in [0, 0.1) is 0 Å². The molecule has 3 aliphatic heterocycles. The van der Waals surface area contributed by atoms with Crippen molar-refractivity contribution in [1.82, 2.24) is 0 Å². The van der Waals surface area contributed by atoms with Crippen LogP contribution in [-0.4, -0.2) is 26.9 Å². The zero-order chi connectivity index (χ0) is 25.5. The van der Waals surface area contributed by atoms with E-state index >= 15 is 0 Å². The van der Waals surface area contributed by atoms with Gasteiger partial charge in [0.2, 0.25) is 5.72 Å². The molecule has 0 bridgehead atoms. The Labute approximate surface area is 214 Å². The number of likely N-dealkylation sites (N-methyl/N-ethyl adjacent to an activating group) is 2. The van der Waals surface area contributed by atoms with Crippen LogP contribution in [0.1, 0.15) is 44.4 Å². The number of para-hydroxylation sites is 3. The zero-order valence-electron chi connectivity index (χ0n) is 22.2. The maximum absolute atomic E-state index is 7.03.